The van der Waals surface area contributed by atoms with Crippen LogP contribution < -0.4 is 4.74 Å². The fourth-order valence-electron chi connectivity index (χ4n) is 3.04. The standard InChI is InChI=1S/C15H19NO/c1-10-5-3-4-6-13-15(10)12-8-7-11(17-2)9-14(12)16-13/h7-10,16H,3-6H2,1-2H3. The molecule has 1 unspecified atom stereocenters. The van der Waals surface area contributed by atoms with Crippen LogP contribution in [0.3, 0.4) is 0 Å². The zero-order chi connectivity index (χ0) is 11.8. The molecule has 1 aliphatic carbocycles. The van der Waals surface area contributed by atoms with Crippen LogP contribution in [0.25, 0.3) is 10.9 Å². The molecule has 0 fully saturated rings. The molecule has 0 aliphatic heterocycles. The minimum absolute atomic E-state index is 0.676. The van der Waals surface area contributed by atoms with Crippen molar-refractivity contribution < 1.29 is 4.74 Å². The van der Waals surface area contributed by atoms with Crippen molar-refractivity contribution >= 4 is 10.9 Å². The molecule has 0 spiro atoms. The number of H-pyrrole nitrogens is 1. The highest BCUT2D eigenvalue weighted by atomic mass is 16.5. The molecule has 2 aromatic rings. The zero-order valence-corrected chi connectivity index (χ0v) is 10.5. The maximum absolute atomic E-state index is 5.29. The lowest BCUT2D eigenvalue weighted by atomic mass is 9.95. The molecule has 90 valence electrons. The Kier molecular flexibility index (Phi) is 2.58. The molecule has 3 rings (SSSR count). The molecule has 2 nitrogen and oxygen atoms in total. The summed E-state index contributed by atoms with van der Waals surface area (Å²) < 4.78 is 5.29. The molecule has 1 heterocycles. The maximum atomic E-state index is 5.29. The van der Waals surface area contributed by atoms with E-state index in [9.17, 15) is 0 Å². The smallest absolute Gasteiger partial charge is 0.120 e. The molecule has 1 aliphatic rings. The highest BCUT2D eigenvalue weighted by molar-refractivity contribution is 5.86. The molecule has 1 aromatic heterocycles. The number of aryl methyl sites for hydroxylation is 1. The van der Waals surface area contributed by atoms with E-state index >= 15 is 0 Å². The first kappa shape index (κ1) is 10.7. The number of benzene rings is 1. The van der Waals surface area contributed by atoms with E-state index < -0.39 is 0 Å². The van der Waals surface area contributed by atoms with Gasteiger partial charge in [0.25, 0.3) is 0 Å². The van der Waals surface area contributed by atoms with E-state index in [1.807, 2.05) is 0 Å². The van der Waals surface area contributed by atoms with Crippen LogP contribution in [0.4, 0.5) is 0 Å². The number of fused-ring (bicyclic) bond motifs is 3. The molecule has 17 heavy (non-hydrogen) atoms. The lowest BCUT2D eigenvalue weighted by molar-refractivity contribution is 0.415. The topological polar surface area (TPSA) is 25.0 Å². The van der Waals surface area contributed by atoms with Crippen molar-refractivity contribution in [1.29, 1.82) is 0 Å². The molecule has 0 bridgehead atoms. The van der Waals surface area contributed by atoms with Gasteiger partial charge in [-0.25, -0.2) is 0 Å². The summed E-state index contributed by atoms with van der Waals surface area (Å²) in [6.45, 7) is 2.35. The minimum Gasteiger partial charge on any atom is -0.497 e. The number of aromatic nitrogens is 1. The number of methoxy groups -OCH3 is 1. The van der Waals surface area contributed by atoms with Crippen molar-refractivity contribution in [1.82, 2.24) is 4.98 Å². The molecular formula is C15H19NO. The second kappa shape index (κ2) is 4.10. The van der Waals surface area contributed by atoms with E-state index in [1.165, 1.54) is 42.3 Å². The summed E-state index contributed by atoms with van der Waals surface area (Å²) in [5.74, 6) is 1.61. The average Bonchev–Trinajstić information content (AvgIpc) is 2.61. The first-order valence-electron chi connectivity index (χ1n) is 6.48. The third kappa shape index (κ3) is 1.72. The van der Waals surface area contributed by atoms with Crippen LogP contribution in [0.5, 0.6) is 5.75 Å². The SMILES string of the molecule is COc1ccc2c3c([nH]c2c1)CCCCC3C. The van der Waals surface area contributed by atoms with Gasteiger partial charge in [0.1, 0.15) is 5.75 Å². The van der Waals surface area contributed by atoms with Crippen LogP contribution >= 0.6 is 0 Å². The van der Waals surface area contributed by atoms with Gasteiger partial charge < -0.3 is 9.72 Å². The first-order valence-corrected chi connectivity index (χ1v) is 6.48. The van der Waals surface area contributed by atoms with Gasteiger partial charge in [-0.2, -0.15) is 0 Å². The molecule has 0 amide bonds. The van der Waals surface area contributed by atoms with Gasteiger partial charge >= 0.3 is 0 Å². The van der Waals surface area contributed by atoms with Crippen molar-refractivity contribution in [2.24, 2.45) is 0 Å². The predicted octanol–water partition coefficient (Wildman–Crippen LogP) is 4.01. The fourth-order valence-corrected chi connectivity index (χ4v) is 3.04. The van der Waals surface area contributed by atoms with E-state index in [-0.39, 0.29) is 0 Å². The molecule has 1 aromatic carbocycles. The highest BCUT2D eigenvalue weighted by Gasteiger charge is 2.19. The number of hydrogen-bond donors (Lipinski definition) is 1. The van der Waals surface area contributed by atoms with E-state index in [4.69, 9.17) is 4.74 Å². The largest absolute Gasteiger partial charge is 0.497 e. The van der Waals surface area contributed by atoms with Gasteiger partial charge in [-0.3, -0.25) is 0 Å². The number of hydrogen-bond acceptors (Lipinski definition) is 1. The van der Waals surface area contributed by atoms with Crippen molar-refractivity contribution in [3.8, 4) is 5.75 Å². The van der Waals surface area contributed by atoms with Crippen molar-refractivity contribution in [3.63, 3.8) is 0 Å². The van der Waals surface area contributed by atoms with Crippen LogP contribution in [0.1, 0.15) is 43.4 Å². The summed E-state index contributed by atoms with van der Waals surface area (Å²) in [4.78, 5) is 3.58. The summed E-state index contributed by atoms with van der Waals surface area (Å²) in [6, 6.07) is 6.37. The second-order valence-corrected chi connectivity index (χ2v) is 5.08. The highest BCUT2D eigenvalue weighted by Crippen LogP contribution is 2.36. The Morgan fingerprint density at radius 2 is 2.18 bits per heavy atom. The van der Waals surface area contributed by atoms with Gasteiger partial charge in [0.15, 0.2) is 0 Å². The molecule has 1 atom stereocenters. The third-order valence-electron chi connectivity index (χ3n) is 3.93. The van der Waals surface area contributed by atoms with Crippen molar-refractivity contribution in [2.75, 3.05) is 7.11 Å². The Balaban J connectivity index is 2.20. The third-order valence-corrected chi connectivity index (χ3v) is 3.93. The Morgan fingerprint density at radius 3 is 3.00 bits per heavy atom. The predicted molar refractivity (Wildman–Crippen MR) is 70.8 cm³/mol. The van der Waals surface area contributed by atoms with Crippen molar-refractivity contribution in [2.45, 2.75) is 38.5 Å². The molecular weight excluding hydrogens is 210 g/mol. The fraction of sp³-hybridized carbons (Fsp3) is 0.467. The monoisotopic (exact) mass is 229 g/mol. The van der Waals surface area contributed by atoms with Gasteiger partial charge in [0.2, 0.25) is 0 Å². The van der Waals surface area contributed by atoms with Gasteiger partial charge in [-0.15, -0.1) is 0 Å². The first-order chi connectivity index (χ1) is 8.29. The quantitative estimate of drug-likeness (QED) is 0.734. The number of nitrogens with one attached hydrogen (secondary N) is 1. The Morgan fingerprint density at radius 1 is 1.29 bits per heavy atom. The number of rotatable bonds is 1. The van der Waals surface area contributed by atoms with E-state index in [2.05, 4.69) is 30.1 Å². The van der Waals surface area contributed by atoms with Gasteiger partial charge in [0, 0.05) is 22.7 Å². The van der Waals surface area contributed by atoms with Gasteiger partial charge in [-0.1, -0.05) is 13.3 Å². The molecule has 0 radical (unpaired) electrons. The number of ether oxygens (including phenoxy) is 1. The Labute approximate surface area is 102 Å². The summed E-state index contributed by atoms with van der Waals surface area (Å²) in [6.07, 6.45) is 5.16. The lowest BCUT2D eigenvalue weighted by Crippen LogP contribution is -1.92. The summed E-state index contributed by atoms with van der Waals surface area (Å²) in [7, 11) is 1.72. The molecule has 1 N–H and O–H groups in total. The van der Waals surface area contributed by atoms with E-state index in [0.717, 1.165) is 5.75 Å². The number of aromatic amines is 1. The van der Waals surface area contributed by atoms with Crippen LogP contribution in [0, 0.1) is 0 Å². The van der Waals surface area contributed by atoms with Crippen LogP contribution in [0.2, 0.25) is 0 Å². The van der Waals surface area contributed by atoms with Crippen LogP contribution in [-0.4, -0.2) is 12.1 Å². The van der Waals surface area contributed by atoms with E-state index in [0.29, 0.717) is 5.92 Å². The zero-order valence-electron chi connectivity index (χ0n) is 10.5. The maximum Gasteiger partial charge on any atom is 0.120 e. The van der Waals surface area contributed by atoms with Gasteiger partial charge in [0.05, 0.1) is 7.11 Å². The normalized spacial score (nSPS) is 20.0. The summed E-state index contributed by atoms with van der Waals surface area (Å²) in [5, 5.41) is 1.38. The molecule has 0 saturated carbocycles. The minimum atomic E-state index is 0.676. The van der Waals surface area contributed by atoms with E-state index in [1.54, 1.807) is 12.7 Å². The van der Waals surface area contributed by atoms with Crippen LogP contribution in [-0.2, 0) is 6.42 Å². The molecule has 2 heteroatoms. The average molecular weight is 229 g/mol. The van der Waals surface area contributed by atoms with Gasteiger partial charge in [-0.05, 0) is 42.9 Å². The molecule has 0 saturated heterocycles. The summed E-state index contributed by atoms with van der Waals surface area (Å²) in [5.41, 5.74) is 4.21. The van der Waals surface area contributed by atoms with Crippen molar-refractivity contribution in [3.05, 3.63) is 29.5 Å². The Bertz CT molecular complexity index is 541. The summed E-state index contributed by atoms with van der Waals surface area (Å²) >= 11 is 0. The Hall–Kier alpha value is -1.44. The lowest BCUT2D eigenvalue weighted by Gasteiger charge is -2.09. The van der Waals surface area contributed by atoms with Crippen LogP contribution in [0.15, 0.2) is 18.2 Å². The second-order valence-electron chi connectivity index (χ2n) is 5.08.